The highest BCUT2D eigenvalue weighted by Gasteiger charge is 2.37. The first-order chi connectivity index (χ1) is 13.8. The summed E-state index contributed by atoms with van der Waals surface area (Å²) in [5.74, 6) is 0. The summed E-state index contributed by atoms with van der Waals surface area (Å²) >= 11 is 1.07. The fraction of sp³-hybridized carbons (Fsp3) is 0.381. The summed E-state index contributed by atoms with van der Waals surface area (Å²) < 4.78 is 40.4. The normalized spacial score (nSPS) is 16.5. The van der Waals surface area contributed by atoms with Gasteiger partial charge in [-0.15, -0.1) is 11.8 Å². The number of hydrogen-bond acceptors (Lipinski definition) is 3. The molecule has 4 nitrogen and oxygen atoms in total. The molecule has 29 heavy (non-hydrogen) atoms. The number of nitrogens with one attached hydrogen (secondary N) is 1. The van der Waals surface area contributed by atoms with Gasteiger partial charge in [-0.1, -0.05) is 12.1 Å². The Bertz CT molecular complexity index is 961. The molecular weight excluding hydrogens is 399 g/mol. The van der Waals surface area contributed by atoms with Crippen molar-refractivity contribution < 1.29 is 18.0 Å². The summed E-state index contributed by atoms with van der Waals surface area (Å²) in [6.45, 7) is 2.09. The minimum absolute atomic E-state index is 0.194. The first kappa shape index (κ1) is 20.1. The van der Waals surface area contributed by atoms with E-state index in [-0.39, 0.29) is 10.9 Å². The van der Waals surface area contributed by atoms with E-state index >= 15 is 0 Å². The van der Waals surface area contributed by atoms with Crippen molar-refractivity contribution in [2.24, 2.45) is 0 Å². The van der Waals surface area contributed by atoms with Crippen molar-refractivity contribution in [1.82, 2.24) is 4.90 Å². The SMILES string of the molecule is CSc1cc2c(cc1C(F)(F)F)N(C(=O)Nc1cccc3c1CCN(C)C3)CC2. The van der Waals surface area contributed by atoms with Gasteiger partial charge < -0.3 is 10.2 Å². The fourth-order valence-corrected chi connectivity index (χ4v) is 4.72. The van der Waals surface area contributed by atoms with Gasteiger partial charge in [-0.3, -0.25) is 4.90 Å². The number of halogens is 3. The van der Waals surface area contributed by atoms with Gasteiger partial charge in [0.15, 0.2) is 0 Å². The van der Waals surface area contributed by atoms with Crippen LogP contribution in [0.2, 0.25) is 0 Å². The number of likely N-dealkylation sites (N-methyl/N-ethyl adjacent to an activating group) is 1. The number of thioether (sulfide) groups is 1. The molecule has 1 N–H and O–H groups in total. The molecule has 0 unspecified atom stereocenters. The summed E-state index contributed by atoms with van der Waals surface area (Å²) in [5, 5.41) is 2.94. The fourth-order valence-electron chi connectivity index (χ4n) is 4.07. The van der Waals surface area contributed by atoms with Gasteiger partial charge in [0, 0.05) is 35.9 Å². The lowest BCUT2D eigenvalue weighted by Gasteiger charge is -2.27. The van der Waals surface area contributed by atoms with E-state index < -0.39 is 11.7 Å². The van der Waals surface area contributed by atoms with E-state index in [0.29, 0.717) is 18.7 Å². The molecule has 4 rings (SSSR count). The van der Waals surface area contributed by atoms with Crippen LogP contribution in [0.5, 0.6) is 0 Å². The Hall–Kier alpha value is -2.19. The summed E-state index contributed by atoms with van der Waals surface area (Å²) in [7, 11) is 2.05. The van der Waals surface area contributed by atoms with E-state index in [1.807, 2.05) is 18.2 Å². The van der Waals surface area contributed by atoms with Crippen molar-refractivity contribution in [2.75, 3.05) is 36.6 Å². The van der Waals surface area contributed by atoms with Gasteiger partial charge >= 0.3 is 12.2 Å². The Morgan fingerprint density at radius 3 is 2.66 bits per heavy atom. The minimum Gasteiger partial charge on any atom is -0.307 e. The third kappa shape index (κ3) is 3.83. The van der Waals surface area contributed by atoms with Gasteiger partial charge in [0.05, 0.1) is 5.56 Å². The van der Waals surface area contributed by atoms with Crippen molar-refractivity contribution in [3.8, 4) is 0 Å². The number of carbonyl (C=O) groups excluding carboxylic acids is 1. The van der Waals surface area contributed by atoms with Crippen LogP contribution < -0.4 is 10.2 Å². The van der Waals surface area contributed by atoms with Crippen LogP contribution in [0.4, 0.5) is 29.3 Å². The average Bonchev–Trinajstić information content (AvgIpc) is 3.09. The van der Waals surface area contributed by atoms with Gasteiger partial charge in [0.1, 0.15) is 0 Å². The summed E-state index contributed by atoms with van der Waals surface area (Å²) in [6, 6.07) is 8.10. The van der Waals surface area contributed by atoms with E-state index in [9.17, 15) is 18.0 Å². The topological polar surface area (TPSA) is 35.6 Å². The van der Waals surface area contributed by atoms with Gasteiger partial charge in [0.2, 0.25) is 0 Å². The minimum atomic E-state index is -4.46. The molecule has 0 spiro atoms. The smallest absolute Gasteiger partial charge is 0.307 e. The first-order valence-corrected chi connectivity index (χ1v) is 10.7. The van der Waals surface area contributed by atoms with Crippen LogP contribution in [-0.2, 0) is 25.6 Å². The number of hydrogen-bond donors (Lipinski definition) is 1. The van der Waals surface area contributed by atoms with Crippen LogP contribution in [0.1, 0.15) is 22.3 Å². The van der Waals surface area contributed by atoms with Crippen LogP contribution in [-0.4, -0.2) is 37.3 Å². The van der Waals surface area contributed by atoms with Crippen LogP contribution >= 0.6 is 11.8 Å². The van der Waals surface area contributed by atoms with Crippen molar-refractivity contribution in [3.63, 3.8) is 0 Å². The van der Waals surface area contributed by atoms with Crippen LogP contribution in [0.3, 0.4) is 0 Å². The number of anilines is 2. The Balaban J connectivity index is 1.62. The number of benzene rings is 2. The summed E-state index contributed by atoms with van der Waals surface area (Å²) in [6.07, 6.45) is -1.45. The van der Waals surface area contributed by atoms with Gasteiger partial charge in [-0.25, -0.2) is 4.79 Å². The second kappa shape index (κ2) is 7.57. The van der Waals surface area contributed by atoms with Crippen molar-refractivity contribution in [2.45, 2.75) is 30.5 Å². The van der Waals surface area contributed by atoms with Gasteiger partial charge in [0.25, 0.3) is 0 Å². The Morgan fingerprint density at radius 1 is 1.14 bits per heavy atom. The van der Waals surface area contributed by atoms with E-state index in [4.69, 9.17) is 0 Å². The lowest BCUT2D eigenvalue weighted by Crippen LogP contribution is -2.34. The molecule has 154 valence electrons. The second-order valence-electron chi connectivity index (χ2n) is 7.44. The standard InChI is InChI=1S/C21H22F3N3OS/c1-26-8-7-15-14(12-26)4-3-5-17(15)25-20(28)27-9-6-13-10-19(29-2)16(11-18(13)27)21(22,23)24/h3-5,10-11H,6-9,12H2,1-2H3,(H,25,28). The van der Waals surface area contributed by atoms with Gasteiger partial charge in [-0.2, -0.15) is 13.2 Å². The summed E-state index contributed by atoms with van der Waals surface area (Å²) in [4.78, 5) is 16.8. The predicted octanol–water partition coefficient (Wildman–Crippen LogP) is 5.01. The molecule has 0 fully saturated rings. The molecule has 0 atom stereocenters. The number of nitrogens with zero attached hydrogens (tertiary/aromatic N) is 2. The van der Waals surface area contributed by atoms with Crippen LogP contribution in [0.15, 0.2) is 35.2 Å². The van der Waals surface area contributed by atoms with E-state index in [2.05, 4.69) is 17.3 Å². The van der Waals surface area contributed by atoms with Crippen LogP contribution in [0, 0.1) is 0 Å². The quantitative estimate of drug-likeness (QED) is 0.693. The molecule has 2 heterocycles. The number of urea groups is 1. The largest absolute Gasteiger partial charge is 0.417 e. The third-order valence-corrected chi connectivity index (χ3v) is 6.32. The summed E-state index contributed by atoms with van der Waals surface area (Å²) in [5.41, 5.74) is 3.44. The third-order valence-electron chi connectivity index (χ3n) is 5.55. The second-order valence-corrected chi connectivity index (χ2v) is 8.29. The highest BCUT2D eigenvalue weighted by molar-refractivity contribution is 7.98. The lowest BCUT2D eigenvalue weighted by molar-refractivity contribution is -0.139. The molecule has 0 radical (unpaired) electrons. The van der Waals surface area contributed by atoms with Crippen molar-refractivity contribution in [1.29, 1.82) is 0 Å². The maximum atomic E-state index is 13.5. The van der Waals surface area contributed by atoms with E-state index in [1.165, 1.54) is 10.5 Å². The monoisotopic (exact) mass is 421 g/mol. The van der Waals surface area contributed by atoms with Crippen molar-refractivity contribution >= 4 is 29.2 Å². The Labute approximate surface area is 172 Å². The Morgan fingerprint density at radius 2 is 1.93 bits per heavy atom. The zero-order valence-corrected chi connectivity index (χ0v) is 17.1. The predicted molar refractivity (Wildman–Crippen MR) is 110 cm³/mol. The number of alkyl halides is 3. The molecule has 2 amide bonds. The number of amides is 2. The van der Waals surface area contributed by atoms with E-state index in [0.717, 1.165) is 54.2 Å². The average molecular weight is 421 g/mol. The maximum absolute atomic E-state index is 13.5. The maximum Gasteiger partial charge on any atom is 0.417 e. The molecule has 2 aliphatic heterocycles. The highest BCUT2D eigenvalue weighted by atomic mass is 32.2. The van der Waals surface area contributed by atoms with Crippen LogP contribution in [0.25, 0.3) is 0 Å². The molecule has 2 aromatic carbocycles. The molecule has 2 aromatic rings. The highest BCUT2D eigenvalue weighted by Crippen LogP contribution is 2.42. The Kier molecular flexibility index (Phi) is 5.25. The van der Waals surface area contributed by atoms with Gasteiger partial charge in [-0.05, 0) is 61.0 Å². The zero-order chi connectivity index (χ0) is 20.8. The number of fused-ring (bicyclic) bond motifs is 2. The molecule has 0 saturated carbocycles. The molecular formula is C21H22F3N3OS. The molecule has 0 aromatic heterocycles. The molecule has 2 aliphatic rings. The molecule has 0 bridgehead atoms. The first-order valence-electron chi connectivity index (χ1n) is 9.44. The number of carbonyl (C=O) groups is 1. The molecule has 0 aliphatic carbocycles. The van der Waals surface area contributed by atoms with E-state index in [1.54, 1.807) is 12.3 Å². The number of rotatable bonds is 2. The molecule has 0 saturated heterocycles. The lowest BCUT2D eigenvalue weighted by atomic mass is 9.98. The molecule has 8 heteroatoms. The van der Waals surface area contributed by atoms with Crippen molar-refractivity contribution in [3.05, 3.63) is 52.6 Å². The zero-order valence-electron chi connectivity index (χ0n) is 16.3.